The van der Waals surface area contributed by atoms with Crippen molar-refractivity contribution in [2.24, 2.45) is 0 Å². The predicted molar refractivity (Wildman–Crippen MR) is 130 cm³/mol. The lowest BCUT2D eigenvalue weighted by Crippen LogP contribution is -1.87. The predicted octanol–water partition coefficient (Wildman–Crippen LogP) is 6.77. The highest BCUT2D eigenvalue weighted by molar-refractivity contribution is 7.13. The second-order valence-electron chi connectivity index (χ2n) is 7.27. The number of hydrogen-bond donors (Lipinski definition) is 2. The summed E-state index contributed by atoms with van der Waals surface area (Å²) in [5.74, 6) is 0.726. The fraction of sp³-hybridized carbons (Fsp3) is 0.0800. The third-order valence-electron chi connectivity index (χ3n) is 5.36. The quantitative estimate of drug-likeness (QED) is 0.307. The molecule has 0 aliphatic carbocycles. The third-order valence-corrected chi connectivity index (χ3v) is 6.26. The minimum Gasteiger partial charge on any atom is -0.335 e. The summed E-state index contributed by atoms with van der Waals surface area (Å²) in [6.07, 6.45) is 9.63. The highest BCUT2D eigenvalue weighted by atomic mass is 32.1. The second kappa shape index (κ2) is 7.81. The molecule has 31 heavy (non-hydrogen) atoms. The van der Waals surface area contributed by atoms with Crippen molar-refractivity contribution in [3.63, 3.8) is 0 Å². The van der Waals surface area contributed by atoms with Crippen LogP contribution < -0.4 is 0 Å². The first-order chi connectivity index (χ1) is 15.2. The molecule has 0 atom stereocenters. The van der Waals surface area contributed by atoms with Gasteiger partial charge in [-0.3, -0.25) is 10.1 Å². The van der Waals surface area contributed by atoms with Gasteiger partial charge in [0, 0.05) is 22.0 Å². The minimum atomic E-state index is 0.726. The Morgan fingerprint density at radius 2 is 2.06 bits per heavy atom. The van der Waals surface area contributed by atoms with Gasteiger partial charge in [0.1, 0.15) is 11.2 Å². The molecule has 0 saturated carbocycles. The van der Waals surface area contributed by atoms with E-state index in [1.807, 2.05) is 30.6 Å². The number of hydrogen-bond acceptors (Lipinski definition) is 4. The van der Waals surface area contributed by atoms with Gasteiger partial charge in [-0.05, 0) is 54.1 Å². The van der Waals surface area contributed by atoms with Gasteiger partial charge in [0.05, 0.1) is 17.2 Å². The Hall–Kier alpha value is -3.77. The number of aromatic amines is 2. The fourth-order valence-electron chi connectivity index (χ4n) is 3.91. The number of nitrogens with zero attached hydrogens (tertiary/aromatic N) is 3. The van der Waals surface area contributed by atoms with Crippen molar-refractivity contribution < 1.29 is 0 Å². The van der Waals surface area contributed by atoms with Crippen molar-refractivity contribution in [2.45, 2.75) is 13.8 Å². The number of allylic oxidation sites excluding steroid dienone is 5. The number of pyridine rings is 1. The van der Waals surface area contributed by atoms with Crippen LogP contribution in [0.15, 0.2) is 78.5 Å². The lowest BCUT2D eigenvalue weighted by Gasteiger charge is -2.08. The summed E-state index contributed by atoms with van der Waals surface area (Å²) in [5.41, 5.74) is 8.05. The van der Waals surface area contributed by atoms with Crippen molar-refractivity contribution in [3.05, 3.63) is 84.0 Å². The third kappa shape index (κ3) is 3.31. The van der Waals surface area contributed by atoms with Gasteiger partial charge in [0.2, 0.25) is 0 Å². The lowest BCUT2D eigenvalue weighted by atomic mass is 9.97. The maximum Gasteiger partial charge on any atom is 0.159 e. The van der Waals surface area contributed by atoms with E-state index in [-0.39, 0.29) is 0 Å². The van der Waals surface area contributed by atoms with Gasteiger partial charge >= 0.3 is 0 Å². The molecule has 5 nitrogen and oxygen atoms in total. The highest BCUT2D eigenvalue weighted by Gasteiger charge is 2.16. The molecule has 0 amide bonds. The van der Waals surface area contributed by atoms with Crippen LogP contribution in [-0.2, 0) is 0 Å². The Labute approximate surface area is 183 Å². The van der Waals surface area contributed by atoms with Crippen LogP contribution in [0.25, 0.3) is 49.5 Å². The standard InChI is InChI=1S/C25H21N5S/c1-4-7-15(3)17(5-2)16-9-10-20-18(12-16)24(30-29-20)25-27-21-14-26-13-19(23(21)28-25)22-8-6-11-31-22/h4-14H,1H2,2-3H3,(H,27,28)(H,29,30)/b15-7-,17-5+. The number of thiophene rings is 1. The molecule has 5 rings (SSSR count). The van der Waals surface area contributed by atoms with Gasteiger partial charge in [0.25, 0.3) is 0 Å². The van der Waals surface area contributed by atoms with Gasteiger partial charge in [-0.2, -0.15) is 5.10 Å². The van der Waals surface area contributed by atoms with Gasteiger partial charge in [-0.25, -0.2) is 4.98 Å². The van der Waals surface area contributed by atoms with Gasteiger partial charge in [-0.1, -0.05) is 36.9 Å². The monoisotopic (exact) mass is 423 g/mol. The zero-order chi connectivity index (χ0) is 21.4. The van der Waals surface area contributed by atoms with E-state index in [9.17, 15) is 0 Å². The average Bonchev–Trinajstić information content (AvgIpc) is 3.52. The Kier molecular flexibility index (Phi) is 4.84. The summed E-state index contributed by atoms with van der Waals surface area (Å²) in [5, 5.41) is 10.8. The van der Waals surface area contributed by atoms with Crippen LogP contribution in [0, 0.1) is 0 Å². The molecule has 0 aliphatic heterocycles. The van der Waals surface area contributed by atoms with Gasteiger partial charge in [0.15, 0.2) is 5.82 Å². The largest absolute Gasteiger partial charge is 0.335 e. The maximum atomic E-state index is 4.91. The first kappa shape index (κ1) is 19.2. The number of benzene rings is 1. The van der Waals surface area contributed by atoms with E-state index in [0.717, 1.165) is 55.0 Å². The molecule has 0 fully saturated rings. The van der Waals surface area contributed by atoms with Gasteiger partial charge in [-0.15, -0.1) is 11.3 Å². The Bertz CT molecular complexity index is 1460. The number of fused-ring (bicyclic) bond motifs is 2. The number of H-pyrrole nitrogens is 2. The van der Waals surface area contributed by atoms with E-state index in [0.29, 0.717) is 0 Å². The summed E-state index contributed by atoms with van der Waals surface area (Å²) in [7, 11) is 0. The average molecular weight is 424 g/mol. The van der Waals surface area contributed by atoms with Crippen LogP contribution in [-0.4, -0.2) is 25.1 Å². The molecule has 0 saturated heterocycles. The molecule has 1 aromatic carbocycles. The smallest absolute Gasteiger partial charge is 0.159 e. The molecule has 4 aromatic heterocycles. The van der Waals surface area contributed by atoms with Crippen molar-refractivity contribution in [1.82, 2.24) is 25.1 Å². The Morgan fingerprint density at radius 3 is 2.84 bits per heavy atom. The molecule has 0 radical (unpaired) electrons. The number of nitrogens with one attached hydrogen (secondary N) is 2. The number of rotatable bonds is 5. The summed E-state index contributed by atoms with van der Waals surface area (Å²) in [6.45, 7) is 7.96. The second-order valence-corrected chi connectivity index (χ2v) is 8.21. The topological polar surface area (TPSA) is 70.2 Å². The molecule has 4 heterocycles. The van der Waals surface area contributed by atoms with E-state index in [1.165, 1.54) is 5.57 Å². The summed E-state index contributed by atoms with van der Waals surface area (Å²) in [4.78, 5) is 13.9. The van der Waals surface area contributed by atoms with Crippen LogP contribution in [0.3, 0.4) is 0 Å². The molecule has 2 N–H and O–H groups in total. The zero-order valence-electron chi connectivity index (χ0n) is 17.3. The Morgan fingerprint density at radius 1 is 1.16 bits per heavy atom. The first-order valence-corrected chi connectivity index (χ1v) is 10.9. The number of aromatic nitrogens is 5. The molecular formula is C25H21N5S. The lowest BCUT2D eigenvalue weighted by molar-refractivity contribution is 1.11. The SMILES string of the molecule is C=C/C=C(C)\C(=C/C)c1ccc2[nH]nc(-c3nc4c(-c5cccs5)cncc4[nH]3)c2c1. The molecule has 6 heteroatoms. The molecular weight excluding hydrogens is 402 g/mol. The molecule has 0 aliphatic rings. The van der Waals surface area contributed by atoms with E-state index in [1.54, 1.807) is 11.3 Å². The van der Waals surface area contributed by atoms with E-state index >= 15 is 0 Å². The van der Waals surface area contributed by atoms with Crippen LogP contribution in [0.5, 0.6) is 0 Å². The molecule has 5 aromatic rings. The van der Waals surface area contributed by atoms with Crippen molar-refractivity contribution in [1.29, 1.82) is 0 Å². The van der Waals surface area contributed by atoms with Gasteiger partial charge < -0.3 is 4.98 Å². The van der Waals surface area contributed by atoms with E-state index < -0.39 is 0 Å². The van der Waals surface area contributed by atoms with Crippen LogP contribution in [0.4, 0.5) is 0 Å². The zero-order valence-corrected chi connectivity index (χ0v) is 18.1. The van der Waals surface area contributed by atoms with Crippen molar-refractivity contribution >= 4 is 38.8 Å². The summed E-state index contributed by atoms with van der Waals surface area (Å²) in [6, 6.07) is 10.5. The van der Waals surface area contributed by atoms with Crippen molar-refractivity contribution in [2.75, 3.05) is 0 Å². The molecule has 0 unspecified atom stereocenters. The Balaban J connectivity index is 1.66. The first-order valence-electron chi connectivity index (χ1n) is 10.0. The fourth-order valence-corrected chi connectivity index (χ4v) is 4.65. The van der Waals surface area contributed by atoms with Crippen LogP contribution in [0.1, 0.15) is 19.4 Å². The van der Waals surface area contributed by atoms with Crippen LogP contribution >= 0.6 is 11.3 Å². The van der Waals surface area contributed by atoms with Crippen molar-refractivity contribution in [3.8, 4) is 22.0 Å². The highest BCUT2D eigenvalue weighted by Crippen LogP contribution is 2.34. The van der Waals surface area contributed by atoms with E-state index in [4.69, 9.17) is 4.98 Å². The summed E-state index contributed by atoms with van der Waals surface area (Å²) >= 11 is 1.68. The molecule has 0 spiro atoms. The van der Waals surface area contributed by atoms with Crippen LogP contribution in [0.2, 0.25) is 0 Å². The molecule has 152 valence electrons. The normalized spacial score (nSPS) is 12.7. The molecule has 0 bridgehead atoms. The summed E-state index contributed by atoms with van der Waals surface area (Å²) < 4.78 is 0. The minimum absolute atomic E-state index is 0.726. The maximum absolute atomic E-state index is 4.91. The number of imidazole rings is 1. The van der Waals surface area contributed by atoms with E-state index in [2.05, 4.69) is 76.3 Å².